The third-order valence-electron chi connectivity index (χ3n) is 0.718. The second-order valence-electron chi connectivity index (χ2n) is 1.27. The summed E-state index contributed by atoms with van der Waals surface area (Å²) in [5.74, 6) is 1.47. The minimum atomic E-state index is -0.667. The molecule has 0 aliphatic carbocycles. The van der Waals surface area contributed by atoms with Crippen LogP contribution in [0.15, 0.2) is 4.40 Å². The molecule has 0 amide bonds. The van der Waals surface area contributed by atoms with Crippen molar-refractivity contribution in [2.24, 2.45) is 4.40 Å². The molecule has 0 aromatic heterocycles. The van der Waals surface area contributed by atoms with E-state index >= 15 is 0 Å². The zero-order valence-electron chi connectivity index (χ0n) is 3.85. The lowest BCUT2D eigenvalue weighted by Gasteiger charge is -1.90. The molecule has 5 heteroatoms. The smallest absolute Gasteiger partial charge is 0.263 e. The molecule has 1 aliphatic heterocycles. The normalized spacial score (nSPS) is 26.2. The number of hydrogen-bond acceptors (Lipinski definition) is 4. The number of rotatable bonds is 1. The molecular formula is C3H3N2O2S. The quantitative estimate of drug-likeness (QED) is 0.296. The lowest BCUT2D eigenvalue weighted by molar-refractivity contribution is -0.490. The Balaban J connectivity index is 2.48. The fourth-order valence-electron chi connectivity index (χ4n) is 0.334. The van der Waals surface area contributed by atoms with Crippen LogP contribution in [0.25, 0.3) is 0 Å². The van der Waals surface area contributed by atoms with Gasteiger partial charge in [0, 0.05) is 4.92 Å². The summed E-state index contributed by atoms with van der Waals surface area (Å²) in [5.41, 5.74) is 0. The van der Waals surface area contributed by atoms with Crippen molar-refractivity contribution in [2.45, 2.75) is 6.04 Å². The first-order valence-corrected chi connectivity index (χ1v) is 2.80. The fraction of sp³-hybridized carbons (Fsp3) is 0.333. The molecule has 0 saturated heterocycles. The second-order valence-corrected chi connectivity index (χ2v) is 1.97. The van der Waals surface area contributed by atoms with Gasteiger partial charge in [-0.15, -0.1) is 0 Å². The minimum Gasteiger partial charge on any atom is -0.264 e. The molecule has 0 saturated carbocycles. The Bertz CT molecular complexity index is 135. The Labute approximate surface area is 50.3 Å². The summed E-state index contributed by atoms with van der Waals surface area (Å²) in [6.07, 6.45) is 1.31. The largest absolute Gasteiger partial charge is 0.264 e. The first kappa shape index (κ1) is 5.55. The third kappa shape index (κ3) is 0.975. The monoisotopic (exact) mass is 131 g/mol. The van der Waals surface area contributed by atoms with E-state index in [1.54, 1.807) is 0 Å². The highest BCUT2D eigenvalue weighted by Crippen LogP contribution is 2.17. The van der Waals surface area contributed by atoms with Crippen LogP contribution in [-0.2, 0) is 0 Å². The highest BCUT2D eigenvalue weighted by atomic mass is 32.2. The second kappa shape index (κ2) is 2.13. The average Bonchev–Trinajstić information content (AvgIpc) is 2.12. The molecule has 1 unspecified atom stereocenters. The van der Waals surface area contributed by atoms with Crippen molar-refractivity contribution >= 4 is 18.2 Å². The zero-order chi connectivity index (χ0) is 5.98. The van der Waals surface area contributed by atoms with Gasteiger partial charge < -0.3 is 0 Å². The van der Waals surface area contributed by atoms with E-state index in [0.717, 1.165) is 11.9 Å². The Hall–Kier alpha value is -0.580. The fourth-order valence-corrected chi connectivity index (χ4v) is 0.894. The van der Waals surface area contributed by atoms with E-state index in [0.29, 0.717) is 0 Å². The van der Waals surface area contributed by atoms with Gasteiger partial charge in [0.2, 0.25) is 0 Å². The van der Waals surface area contributed by atoms with E-state index < -0.39 is 6.04 Å². The van der Waals surface area contributed by atoms with E-state index in [2.05, 4.69) is 4.40 Å². The maximum Gasteiger partial charge on any atom is 0.263 e. The summed E-state index contributed by atoms with van der Waals surface area (Å²) in [7, 11) is 0. The van der Waals surface area contributed by atoms with Gasteiger partial charge in [0.05, 0.1) is 6.21 Å². The van der Waals surface area contributed by atoms with Crippen LogP contribution < -0.4 is 0 Å². The van der Waals surface area contributed by atoms with E-state index in [9.17, 15) is 10.1 Å². The molecule has 0 bridgehead atoms. The van der Waals surface area contributed by atoms with E-state index in [1.807, 2.05) is 0 Å². The first-order valence-electron chi connectivity index (χ1n) is 1.97. The van der Waals surface area contributed by atoms with Crippen LogP contribution >= 0.6 is 11.9 Å². The summed E-state index contributed by atoms with van der Waals surface area (Å²) in [5, 5.41) is 9.87. The molecule has 1 heterocycles. The maximum atomic E-state index is 9.87. The molecule has 0 N–H and O–H groups in total. The van der Waals surface area contributed by atoms with Crippen LogP contribution in [0.2, 0.25) is 0 Å². The van der Waals surface area contributed by atoms with Crippen LogP contribution in [0.4, 0.5) is 0 Å². The minimum absolute atomic E-state index is 0.385. The molecule has 4 nitrogen and oxygen atoms in total. The van der Waals surface area contributed by atoms with Crippen LogP contribution in [0, 0.1) is 15.9 Å². The topological polar surface area (TPSA) is 55.5 Å². The molecule has 0 fully saturated rings. The van der Waals surface area contributed by atoms with Gasteiger partial charge in [-0.1, -0.05) is 0 Å². The standard InChI is InChI=1S/C3H3N2O2S/c6-5(7)3-1-4-8-2-3/h1-3H. The Morgan fingerprint density at radius 2 is 2.62 bits per heavy atom. The summed E-state index contributed by atoms with van der Waals surface area (Å²) in [4.78, 5) is 9.49. The van der Waals surface area contributed by atoms with Gasteiger partial charge in [-0.25, -0.2) is 4.40 Å². The van der Waals surface area contributed by atoms with Gasteiger partial charge in [-0.3, -0.25) is 10.1 Å². The average molecular weight is 131 g/mol. The highest BCUT2D eigenvalue weighted by Gasteiger charge is 2.21. The Morgan fingerprint density at radius 3 is 2.88 bits per heavy atom. The summed E-state index contributed by atoms with van der Waals surface area (Å²) in [6, 6.07) is -0.667. The highest BCUT2D eigenvalue weighted by molar-refractivity contribution is 8.00. The molecule has 1 rings (SSSR count). The third-order valence-corrected chi connectivity index (χ3v) is 1.36. The van der Waals surface area contributed by atoms with Gasteiger partial charge in [0.25, 0.3) is 6.04 Å². The molecule has 0 spiro atoms. The molecule has 0 aromatic rings. The lowest BCUT2D eigenvalue weighted by Crippen LogP contribution is -2.16. The van der Waals surface area contributed by atoms with Gasteiger partial charge >= 0.3 is 0 Å². The predicted octanol–water partition coefficient (Wildman–Crippen LogP) is 0.526. The molecule has 0 aromatic carbocycles. The summed E-state index contributed by atoms with van der Waals surface area (Å²) in [6.45, 7) is 0. The SMILES string of the molecule is O=[N+]([O-])C1[CH]SN=C1. The molecule has 1 aliphatic rings. The van der Waals surface area contributed by atoms with Crippen molar-refractivity contribution in [1.82, 2.24) is 0 Å². The van der Waals surface area contributed by atoms with Gasteiger partial charge in [-0.2, -0.15) is 0 Å². The van der Waals surface area contributed by atoms with E-state index in [4.69, 9.17) is 0 Å². The summed E-state index contributed by atoms with van der Waals surface area (Å²) < 4.78 is 3.58. The van der Waals surface area contributed by atoms with Gasteiger partial charge in [-0.05, 0) is 11.9 Å². The summed E-state index contributed by atoms with van der Waals surface area (Å²) >= 11 is 1.11. The van der Waals surface area contributed by atoms with Crippen LogP contribution in [-0.4, -0.2) is 17.2 Å². The van der Waals surface area contributed by atoms with Crippen molar-refractivity contribution in [3.63, 3.8) is 0 Å². The molecule has 8 heavy (non-hydrogen) atoms. The van der Waals surface area contributed by atoms with Gasteiger partial charge in [0.15, 0.2) is 0 Å². The first-order chi connectivity index (χ1) is 3.80. The number of nitrogens with zero attached hydrogens (tertiary/aromatic N) is 2. The molecule has 43 valence electrons. The Kier molecular flexibility index (Phi) is 1.48. The molecule has 1 radical (unpaired) electrons. The lowest BCUT2D eigenvalue weighted by atomic mass is 10.4. The van der Waals surface area contributed by atoms with Gasteiger partial charge in [0.1, 0.15) is 5.75 Å². The van der Waals surface area contributed by atoms with Crippen molar-refractivity contribution in [1.29, 1.82) is 0 Å². The predicted molar refractivity (Wildman–Crippen MR) is 31.2 cm³/mol. The van der Waals surface area contributed by atoms with Crippen molar-refractivity contribution in [2.75, 3.05) is 0 Å². The van der Waals surface area contributed by atoms with E-state index in [1.165, 1.54) is 12.0 Å². The molecule has 1 atom stereocenters. The Morgan fingerprint density at radius 1 is 1.88 bits per heavy atom. The van der Waals surface area contributed by atoms with E-state index in [-0.39, 0.29) is 4.92 Å². The zero-order valence-corrected chi connectivity index (χ0v) is 4.67. The maximum absolute atomic E-state index is 9.87. The van der Waals surface area contributed by atoms with Crippen molar-refractivity contribution < 1.29 is 4.92 Å². The van der Waals surface area contributed by atoms with Crippen molar-refractivity contribution in [3.8, 4) is 0 Å². The molecular weight excluding hydrogens is 128 g/mol. The van der Waals surface area contributed by atoms with Crippen LogP contribution in [0.3, 0.4) is 0 Å². The number of nitro groups is 1. The van der Waals surface area contributed by atoms with Crippen LogP contribution in [0.5, 0.6) is 0 Å². The van der Waals surface area contributed by atoms with Crippen LogP contribution in [0.1, 0.15) is 0 Å². The van der Waals surface area contributed by atoms with Crippen molar-refractivity contribution in [3.05, 3.63) is 15.9 Å². The number of hydrogen-bond donors (Lipinski definition) is 0.